The number of halogens is 4. The average molecular weight is 298 g/mol. The molecule has 3 nitrogen and oxygen atoms in total. The summed E-state index contributed by atoms with van der Waals surface area (Å²) in [5, 5.41) is 7.49. The third-order valence-corrected chi connectivity index (χ3v) is 2.88. The highest BCUT2D eigenvalue weighted by atomic mass is 19.4. The zero-order valence-electron chi connectivity index (χ0n) is 11.1. The molecule has 110 valence electrons. The van der Waals surface area contributed by atoms with Crippen LogP contribution in [-0.4, -0.2) is 16.0 Å². The van der Waals surface area contributed by atoms with Gasteiger partial charge in [-0.05, 0) is 38.1 Å². The second-order valence-corrected chi connectivity index (χ2v) is 4.51. The fourth-order valence-corrected chi connectivity index (χ4v) is 1.82. The van der Waals surface area contributed by atoms with Gasteiger partial charge in [-0.3, -0.25) is 4.79 Å². The van der Waals surface area contributed by atoms with Crippen LogP contribution in [-0.2, 0) is 6.18 Å². The van der Waals surface area contributed by atoms with Crippen molar-refractivity contribution in [1.29, 1.82) is 0 Å². The number of benzene rings is 1. The Hall–Kier alpha value is -2.31. The molecule has 1 heterocycles. The van der Waals surface area contributed by atoms with Crippen molar-refractivity contribution >= 4 is 5.78 Å². The molecule has 0 unspecified atom stereocenters. The molecule has 21 heavy (non-hydrogen) atoms. The number of rotatable bonds is 2. The lowest BCUT2D eigenvalue weighted by atomic mass is 10.00. The zero-order valence-corrected chi connectivity index (χ0v) is 11.1. The number of carbonyl (C=O) groups excluding carboxylic acids is 1. The van der Waals surface area contributed by atoms with Crippen LogP contribution in [0.2, 0.25) is 0 Å². The molecule has 0 saturated heterocycles. The number of aryl methyl sites for hydroxylation is 2. The second-order valence-electron chi connectivity index (χ2n) is 4.51. The van der Waals surface area contributed by atoms with Crippen molar-refractivity contribution in [2.75, 3.05) is 0 Å². The van der Waals surface area contributed by atoms with Crippen molar-refractivity contribution in [3.8, 4) is 0 Å². The predicted octanol–water partition coefficient (Wildman–Crippen LogP) is 3.48. The summed E-state index contributed by atoms with van der Waals surface area (Å²) in [5.74, 6) is -2.07. The van der Waals surface area contributed by atoms with Crippen molar-refractivity contribution in [1.82, 2.24) is 10.2 Å². The van der Waals surface area contributed by atoms with E-state index >= 15 is 0 Å². The summed E-state index contributed by atoms with van der Waals surface area (Å²) in [4.78, 5) is 12.3. The molecule has 0 radical (unpaired) electrons. The molecule has 0 aliphatic heterocycles. The third kappa shape index (κ3) is 3.07. The Balaban J connectivity index is 2.52. The number of hydrogen-bond donors (Lipinski definition) is 0. The summed E-state index contributed by atoms with van der Waals surface area (Å²) < 4.78 is 51.2. The van der Waals surface area contributed by atoms with Gasteiger partial charge in [-0.1, -0.05) is 0 Å². The quantitative estimate of drug-likeness (QED) is 0.629. The summed E-state index contributed by atoms with van der Waals surface area (Å²) in [7, 11) is 0. The molecule has 0 fully saturated rings. The van der Waals surface area contributed by atoms with Crippen molar-refractivity contribution in [2.24, 2.45) is 0 Å². The number of carbonyl (C=O) groups is 1. The molecule has 7 heteroatoms. The maximum Gasteiger partial charge on any atom is 0.419 e. The van der Waals surface area contributed by atoms with Crippen LogP contribution < -0.4 is 0 Å². The van der Waals surface area contributed by atoms with E-state index < -0.39 is 23.3 Å². The Labute approximate surface area is 117 Å². The van der Waals surface area contributed by atoms with E-state index in [4.69, 9.17) is 0 Å². The fourth-order valence-electron chi connectivity index (χ4n) is 1.82. The smallest absolute Gasteiger partial charge is 0.289 e. The lowest BCUT2D eigenvalue weighted by Crippen LogP contribution is -2.12. The summed E-state index contributed by atoms with van der Waals surface area (Å²) in [6.45, 7) is 3.13. The van der Waals surface area contributed by atoms with Gasteiger partial charge in [0.25, 0.3) is 0 Å². The molecule has 0 N–H and O–H groups in total. The molecule has 1 aromatic carbocycles. The summed E-state index contributed by atoms with van der Waals surface area (Å²) in [6.07, 6.45) is -4.86. The first-order valence-electron chi connectivity index (χ1n) is 5.92. The van der Waals surface area contributed by atoms with Crippen molar-refractivity contribution in [2.45, 2.75) is 20.0 Å². The van der Waals surface area contributed by atoms with E-state index in [0.29, 0.717) is 23.5 Å². The topological polar surface area (TPSA) is 42.9 Å². The van der Waals surface area contributed by atoms with Crippen molar-refractivity contribution < 1.29 is 22.4 Å². The summed E-state index contributed by atoms with van der Waals surface area (Å²) in [5.41, 5.74) is -0.822. The largest absolute Gasteiger partial charge is 0.419 e. The molecule has 1 aromatic heterocycles. The highest BCUT2D eigenvalue weighted by Gasteiger charge is 2.34. The van der Waals surface area contributed by atoms with Crippen LogP contribution in [0.5, 0.6) is 0 Å². The third-order valence-electron chi connectivity index (χ3n) is 2.88. The van der Waals surface area contributed by atoms with Crippen LogP contribution in [0.15, 0.2) is 24.3 Å². The second kappa shape index (κ2) is 5.23. The van der Waals surface area contributed by atoms with Gasteiger partial charge in [0.05, 0.1) is 17.0 Å². The highest BCUT2D eigenvalue weighted by Crippen LogP contribution is 2.32. The molecule has 0 aliphatic rings. The average Bonchev–Trinajstić information content (AvgIpc) is 2.40. The molecular weight excluding hydrogens is 288 g/mol. The van der Waals surface area contributed by atoms with Crippen LogP contribution in [0.25, 0.3) is 0 Å². The standard InChI is InChI=1S/C14H10F4N2O/c1-7-5-10(8(2)20-19-7)13(21)9-3-4-12(15)11(6-9)14(16,17)18/h3-6H,1-2H3. The minimum absolute atomic E-state index is 0.141. The molecule has 0 spiro atoms. The first kappa shape index (κ1) is 15.1. The summed E-state index contributed by atoms with van der Waals surface area (Å²) in [6, 6.07) is 3.59. The Morgan fingerprint density at radius 3 is 2.38 bits per heavy atom. The van der Waals surface area contributed by atoms with E-state index in [0.717, 1.165) is 6.07 Å². The zero-order chi connectivity index (χ0) is 15.8. The number of nitrogens with zero attached hydrogens (tertiary/aromatic N) is 2. The Kier molecular flexibility index (Phi) is 3.76. The molecule has 0 bridgehead atoms. The van der Waals surface area contributed by atoms with Gasteiger partial charge < -0.3 is 0 Å². The first-order valence-corrected chi connectivity index (χ1v) is 5.92. The number of hydrogen-bond acceptors (Lipinski definition) is 3. The van der Waals surface area contributed by atoms with Crippen LogP contribution >= 0.6 is 0 Å². The van der Waals surface area contributed by atoms with Gasteiger partial charge in [0.2, 0.25) is 0 Å². The van der Waals surface area contributed by atoms with Crippen LogP contribution in [0.4, 0.5) is 17.6 Å². The van der Waals surface area contributed by atoms with Gasteiger partial charge in [0.15, 0.2) is 5.78 Å². The van der Waals surface area contributed by atoms with Gasteiger partial charge in [-0.25, -0.2) is 4.39 Å². The van der Waals surface area contributed by atoms with Gasteiger partial charge in [-0.15, -0.1) is 0 Å². The Morgan fingerprint density at radius 2 is 1.76 bits per heavy atom. The number of ketones is 1. The minimum Gasteiger partial charge on any atom is -0.289 e. The van der Waals surface area contributed by atoms with Crippen molar-refractivity contribution in [3.63, 3.8) is 0 Å². The monoisotopic (exact) mass is 298 g/mol. The van der Waals surface area contributed by atoms with E-state index in [1.165, 1.54) is 13.0 Å². The molecule has 2 rings (SSSR count). The normalized spacial score (nSPS) is 11.5. The van der Waals surface area contributed by atoms with Gasteiger partial charge >= 0.3 is 6.18 Å². The number of aromatic nitrogens is 2. The van der Waals surface area contributed by atoms with Crippen LogP contribution in [0.1, 0.15) is 32.9 Å². The maximum atomic E-state index is 13.2. The SMILES string of the molecule is Cc1cc(C(=O)c2ccc(F)c(C(F)(F)F)c2)c(C)nn1. The van der Waals surface area contributed by atoms with Crippen LogP contribution in [0, 0.1) is 19.7 Å². The predicted molar refractivity (Wildman–Crippen MR) is 66.3 cm³/mol. The van der Waals surface area contributed by atoms with E-state index in [9.17, 15) is 22.4 Å². The van der Waals surface area contributed by atoms with E-state index in [-0.39, 0.29) is 11.1 Å². The first-order chi connectivity index (χ1) is 9.70. The van der Waals surface area contributed by atoms with E-state index in [2.05, 4.69) is 10.2 Å². The van der Waals surface area contributed by atoms with Gasteiger partial charge in [0.1, 0.15) is 5.82 Å². The Morgan fingerprint density at radius 1 is 1.10 bits per heavy atom. The number of alkyl halides is 3. The molecule has 0 saturated carbocycles. The molecule has 0 aliphatic carbocycles. The maximum absolute atomic E-state index is 13.2. The van der Waals surface area contributed by atoms with Crippen LogP contribution in [0.3, 0.4) is 0 Å². The molecule has 0 atom stereocenters. The Bertz CT molecular complexity index is 711. The molecular formula is C14H10F4N2O. The van der Waals surface area contributed by atoms with Gasteiger partial charge in [0, 0.05) is 11.1 Å². The summed E-state index contributed by atoms with van der Waals surface area (Å²) >= 11 is 0. The lowest BCUT2D eigenvalue weighted by molar-refractivity contribution is -0.140. The van der Waals surface area contributed by atoms with Crippen molar-refractivity contribution in [3.05, 3.63) is 58.2 Å². The van der Waals surface area contributed by atoms with E-state index in [1.54, 1.807) is 6.92 Å². The van der Waals surface area contributed by atoms with Gasteiger partial charge in [-0.2, -0.15) is 23.4 Å². The molecule has 2 aromatic rings. The minimum atomic E-state index is -4.86. The van der Waals surface area contributed by atoms with E-state index in [1.807, 2.05) is 0 Å². The molecule has 0 amide bonds. The lowest BCUT2D eigenvalue weighted by Gasteiger charge is -2.10. The fraction of sp³-hybridized carbons (Fsp3) is 0.214. The highest BCUT2D eigenvalue weighted by molar-refractivity contribution is 6.09.